The highest BCUT2D eigenvalue weighted by Crippen LogP contribution is 2.14. The van der Waals surface area contributed by atoms with Crippen LogP contribution in [0.5, 0.6) is 0 Å². The molecule has 1 atom stereocenters. The summed E-state index contributed by atoms with van der Waals surface area (Å²) >= 11 is 0. The van der Waals surface area contributed by atoms with E-state index in [1.807, 2.05) is 13.8 Å². The average Bonchev–Trinajstić information content (AvgIpc) is 2.76. The predicted molar refractivity (Wildman–Crippen MR) is 62.6 cm³/mol. The van der Waals surface area contributed by atoms with E-state index in [1.165, 1.54) is 6.42 Å². The van der Waals surface area contributed by atoms with Gasteiger partial charge in [0, 0.05) is 13.0 Å². The lowest BCUT2D eigenvalue weighted by molar-refractivity contribution is -0.121. The highest BCUT2D eigenvalue weighted by Gasteiger charge is 2.19. The molecule has 0 spiro atoms. The summed E-state index contributed by atoms with van der Waals surface area (Å²) in [5.41, 5.74) is -0.468. The van der Waals surface area contributed by atoms with Gasteiger partial charge in [-0.2, -0.15) is 5.26 Å². The van der Waals surface area contributed by atoms with E-state index in [1.54, 1.807) is 0 Å². The minimum absolute atomic E-state index is 0.0650. The normalized spacial score (nSPS) is 20.4. The van der Waals surface area contributed by atoms with Crippen LogP contribution in [-0.2, 0) is 4.79 Å². The van der Waals surface area contributed by atoms with Crippen LogP contribution in [0, 0.1) is 22.7 Å². The van der Waals surface area contributed by atoms with Crippen molar-refractivity contribution in [2.75, 3.05) is 19.6 Å². The van der Waals surface area contributed by atoms with Crippen molar-refractivity contribution in [1.29, 1.82) is 5.26 Å². The molecule has 90 valence electrons. The van der Waals surface area contributed by atoms with Gasteiger partial charge < -0.3 is 10.6 Å². The fraction of sp³-hybridized carbons (Fsp3) is 0.833. The molecule has 1 rings (SSSR count). The quantitative estimate of drug-likeness (QED) is 0.732. The molecular formula is C12H21N3O. The van der Waals surface area contributed by atoms with E-state index >= 15 is 0 Å². The molecule has 2 N–H and O–H groups in total. The molecule has 0 radical (unpaired) electrons. The third kappa shape index (κ3) is 4.63. The SMILES string of the molecule is CC(C)(C#N)CNC(=O)CCC1CCNC1. The highest BCUT2D eigenvalue weighted by molar-refractivity contribution is 5.75. The maximum atomic E-state index is 11.5. The lowest BCUT2D eigenvalue weighted by Gasteiger charge is -2.16. The number of hydrogen-bond donors (Lipinski definition) is 2. The summed E-state index contributed by atoms with van der Waals surface area (Å²) < 4.78 is 0. The van der Waals surface area contributed by atoms with Gasteiger partial charge in [0.25, 0.3) is 0 Å². The van der Waals surface area contributed by atoms with Crippen LogP contribution >= 0.6 is 0 Å². The van der Waals surface area contributed by atoms with Crippen molar-refractivity contribution in [1.82, 2.24) is 10.6 Å². The van der Waals surface area contributed by atoms with Crippen molar-refractivity contribution in [2.45, 2.75) is 33.1 Å². The van der Waals surface area contributed by atoms with Crippen LogP contribution in [0.2, 0.25) is 0 Å². The molecule has 0 aliphatic carbocycles. The van der Waals surface area contributed by atoms with Crippen LogP contribution < -0.4 is 10.6 Å². The number of nitriles is 1. The van der Waals surface area contributed by atoms with Crippen molar-refractivity contribution < 1.29 is 4.79 Å². The molecule has 1 aliphatic rings. The molecule has 1 amide bonds. The molecule has 0 saturated carbocycles. The van der Waals surface area contributed by atoms with Crippen LogP contribution in [0.25, 0.3) is 0 Å². The van der Waals surface area contributed by atoms with Crippen LogP contribution in [0.3, 0.4) is 0 Å². The van der Waals surface area contributed by atoms with Gasteiger partial charge in [0.05, 0.1) is 11.5 Å². The summed E-state index contributed by atoms with van der Waals surface area (Å²) in [6.45, 7) is 6.21. The summed E-state index contributed by atoms with van der Waals surface area (Å²) in [6.07, 6.45) is 2.70. The van der Waals surface area contributed by atoms with Crippen LogP contribution in [0.1, 0.15) is 33.1 Å². The van der Waals surface area contributed by atoms with E-state index in [-0.39, 0.29) is 5.91 Å². The number of amides is 1. The Morgan fingerprint density at radius 1 is 1.62 bits per heavy atom. The van der Waals surface area contributed by atoms with Gasteiger partial charge in [0.15, 0.2) is 0 Å². The van der Waals surface area contributed by atoms with Crippen molar-refractivity contribution >= 4 is 5.91 Å². The third-order valence-corrected chi connectivity index (χ3v) is 2.97. The third-order valence-electron chi connectivity index (χ3n) is 2.97. The summed E-state index contributed by atoms with van der Waals surface area (Å²) in [6, 6.07) is 2.17. The first-order valence-electron chi connectivity index (χ1n) is 5.92. The van der Waals surface area contributed by atoms with Crippen LogP contribution in [-0.4, -0.2) is 25.5 Å². The fourth-order valence-electron chi connectivity index (χ4n) is 1.74. The standard InChI is InChI=1S/C12H21N3O/c1-12(2,8-13)9-15-11(16)4-3-10-5-6-14-7-10/h10,14H,3-7,9H2,1-2H3,(H,15,16). The molecule has 1 heterocycles. The number of carbonyl (C=O) groups is 1. The number of nitrogens with one attached hydrogen (secondary N) is 2. The van der Waals surface area contributed by atoms with E-state index in [2.05, 4.69) is 16.7 Å². The van der Waals surface area contributed by atoms with Crippen LogP contribution in [0.15, 0.2) is 0 Å². The van der Waals surface area contributed by atoms with Gasteiger partial charge >= 0.3 is 0 Å². The lowest BCUT2D eigenvalue weighted by atomic mass is 9.96. The zero-order chi connectivity index (χ0) is 12.0. The van der Waals surface area contributed by atoms with Crippen molar-refractivity contribution in [3.8, 4) is 6.07 Å². The molecular weight excluding hydrogens is 202 g/mol. The van der Waals surface area contributed by atoms with E-state index in [9.17, 15) is 4.79 Å². The Morgan fingerprint density at radius 3 is 2.94 bits per heavy atom. The molecule has 4 nitrogen and oxygen atoms in total. The van der Waals surface area contributed by atoms with E-state index < -0.39 is 5.41 Å². The summed E-state index contributed by atoms with van der Waals surface area (Å²) in [7, 11) is 0. The second kappa shape index (κ2) is 5.86. The fourth-order valence-corrected chi connectivity index (χ4v) is 1.74. The van der Waals surface area contributed by atoms with E-state index in [0.717, 1.165) is 19.5 Å². The molecule has 1 aliphatic heterocycles. The summed E-state index contributed by atoms with van der Waals surface area (Å²) in [4.78, 5) is 11.5. The number of hydrogen-bond acceptors (Lipinski definition) is 3. The Hall–Kier alpha value is -1.08. The molecule has 4 heteroatoms. The largest absolute Gasteiger partial charge is 0.355 e. The van der Waals surface area contributed by atoms with Gasteiger partial charge in [-0.05, 0) is 45.7 Å². The number of nitrogens with zero attached hydrogens (tertiary/aromatic N) is 1. The minimum Gasteiger partial charge on any atom is -0.355 e. The zero-order valence-corrected chi connectivity index (χ0v) is 10.2. The molecule has 16 heavy (non-hydrogen) atoms. The minimum atomic E-state index is -0.468. The Morgan fingerprint density at radius 2 is 2.38 bits per heavy atom. The van der Waals surface area contributed by atoms with Gasteiger partial charge in [-0.3, -0.25) is 4.79 Å². The van der Waals surface area contributed by atoms with Crippen molar-refractivity contribution in [2.24, 2.45) is 11.3 Å². The van der Waals surface area contributed by atoms with Crippen molar-refractivity contribution in [3.05, 3.63) is 0 Å². The first-order valence-corrected chi connectivity index (χ1v) is 5.92. The Balaban J connectivity index is 2.14. The highest BCUT2D eigenvalue weighted by atomic mass is 16.1. The van der Waals surface area contributed by atoms with Crippen molar-refractivity contribution in [3.63, 3.8) is 0 Å². The van der Waals surface area contributed by atoms with Gasteiger partial charge in [-0.1, -0.05) is 0 Å². The number of rotatable bonds is 5. The molecule has 1 unspecified atom stereocenters. The van der Waals surface area contributed by atoms with E-state index in [0.29, 0.717) is 18.9 Å². The Bertz CT molecular complexity index is 274. The molecule has 0 aromatic carbocycles. The topological polar surface area (TPSA) is 64.9 Å². The Kier molecular flexibility index (Phi) is 4.75. The maximum Gasteiger partial charge on any atom is 0.220 e. The Labute approximate surface area is 97.4 Å². The molecule has 0 bridgehead atoms. The average molecular weight is 223 g/mol. The predicted octanol–water partition coefficient (Wildman–Crippen LogP) is 1.04. The smallest absolute Gasteiger partial charge is 0.220 e. The van der Waals surface area contributed by atoms with E-state index in [4.69, 9.17) is 5.26 Å². The lowest BCUT2D eigenvalue weighted by Crippen LogP contribution is -2.33. The second-order valence-corrected chi connectivity index (χ2v) is 5.17. The molecule has 0 aromatic heterocycles. The monoisotopic (exact) mass is 223 g/mol. The van der Waals surface area contributed by atoms with Gasteiger partial charge in [0.1, 0.15) is 0 Å². The molecule has 1 fully saturated rings. The zero-order valence-electron chi connectivity index (χ0n) is 10.2. The maximum absolute atomic E-state index is 11.5. The molecule has 1 saturated heterocycles. The summed E-state index contributed by atoms with van der Waals surface area (Å²) in [5, 5.41) is 14.9. The van der Waals surface area contributed by atoms with Gasteiger partial charge in [-0.15, -0.1) is 0 Å². The first-order chi connectivity index (χ1) is 7.53. The number of carbonyl (C=O) groups excluding carboxylic acids is 1. The molecule has 0 aromatic rings. The second-order valence-electron chi connectivity index (χ2n) is 5.17. The van der Waals surface area contributed by atoms with Gasteiger partial charge in [0.2, 0.25) is 5.91 Å². The van der Waals surface area contributed by atoms with Gasteiger partial charge in [-0.25, -0.2) is 0 Å². The first kappa shape index (κ1) is 13.0. The van der Waals surface area contributed by atoms with Crippen LogP contribution in [0.4, 0.5) is 0 Å². The summed E-state index contributed by atoms with van der Waals surface area (Å²) in [5.74, 6) is 0.713.